The van der Waals surface area contributed by atoms with Crippen LogP contribution in [-0.2, 0) is 22.8 Å². The largest absolute Gasteiger partial charge is 1.00 e. The Labute approximate surface area is 350 Å². The Kier molecular flexibility index (Phi) is 16.8. The number of carbonyl (C=O) groups excluding carboxylic acids is 2. The van der Waals surface area contributed by atoms with Crippen LogP contribution in [0.1, 0.15) is 36.1 Å². The van der Waals surface area contributed by atoms with Crippen molar-refractivity contribution in [3.8, 4) is 23.0 Å². The summed E-state index contributed by atoms with van der Waals surface area (Å²) in [6.45, 7) is 4.83. The van der Waals surface area contributed by atoms with Crippen molar-refractivity contribution in [2.75, 3.05) is 13.7 Å². The standard InChI is InChI=1S/C23H22ClNO5.C19H16ClNO5.Li/c1-15(2)9-11-29-23-21-18(10-12-28-21)13-17(5-8-20(26)25-27)22(23)30-14-16-3-6-19(24)7-4-16;1-24-19-17-14(8-9-25-17)10-13(4-7-16(22)21-23)18(19)26-11-12-2-5-15(20)6-3-12;/h3-10,12-13,27H,11,14H2,1-2H3,(H,25,26);2-10,23H,11H2,1H3,(H,21,22);/q;;+1/b8-5+;7-4+;. The summed E-state index contributed by atoms with van der Waals surface area (Å²) in [4.78, 5) is 22.8. The number of furan rings is 2. The molecule has 2 aromatic heterocycles. The molecule has 0 spiro atoms. The fraction of sp³-hybridized carbons (Fsp3) is 0.143. The van der Waals surface area contributed by atoms with Gasteiger partial charge in [0.2, 0.25) is 11.5 Å². The van der Waals surface area contributed by atoms with Crippen molar-refractivity contribution in [2.45, 2.75) is 27.1 Å². The SMILES string of the molecule is CC(C)=CCOc1c(OCc2ccc(Cl)cc2)c(/C=C/C(=O)NO)cc2ccoc12.COc1c(OCc2ccc(Cl)cc2)c(/C=C/C(=O)NO)cc2ccoc12.[Li+]. The molecule has 12 nitrogen and oxygen atoms in total. The predicted octanol–water partition coefficient (Wildman–Crippen LogP) is 6.73. The number of hydrogen-bond donors (Lipinski definition) is 4. The van der Waals surface area contributed by atoms with Gasteiger partial charge in [0, 0.05) is 44.1 Å². The van der Waals surface area contributed by atoms with E-state index in [1.54, 1.807) is 72.0 Å². The van der Waals surface area contributed by atoms with Crippen molar-refractivity contribution < 1.29 is 66.6 Å². The number of nitrogens with one attached hydrogen (secondary N) is 2. The molecule has 0 radical (unpaired) electrons. The minimum Gasteiger partial charge on any atom is -0.490 e. The molecule has 0 atom stereocenters. The second kappa shape index (κ2) is 21.6. The van der Waals surface area contributed by atoms with Gasteiger partial charge in [-0.3, -0.25) is 20.0 Å². The summed E-state index contributed by atoms with van der Waals surface area (Å²) in [6.07, 6.45) is 10.5. The third-order valence-electron chi connectivity index (χ3n) is 7.93. The Morgan fingerprint density at radius 1 is 0.667 bits per heavy atom. The topological polar surface area (TPSA) is 162 Å². The first-order valence-corrected chi connectivity index (χ1v) is 17.7. The maximum absolute atomic E-state index is 11.5. The van der Waals surface area contributed by atoms with Crippen LogP contribution in [0.3, 0.4) is 0 Å². The number of benzene rings is 4. The molecule has 4 aromatic carbocycles. The molecular formula is C42H38Cl2LiN2O10+. The summed E-state index contributed by atoms with van der Waals surface area (Å²) in [5, 5.41) is 20.3. The summed E-state index contributed by atoms with van der Waals surface area (Å²) in [5.41, 5.74) is 8.37. The Hall–Kier alpha value is -5.58. The first-order valence-electron chi connectivity index (χ1n) is 17.0. The maximum atomic E-state index is 11.5. The quantitative estimate of drug-likeness (QED) is 0.0306. The van der Waals surface area contributed by atoms with Crippen molar-refractivity contribution in [1.82, 2.24) is 11.0 Å². The fourth-order valence-electron chi connectivity index (χ4n) is 5.20. The van der Waals surface area contributed by atoms with Crippen molar-refractivity contribution in [1.29, 1.82) is 0 Å². The summed E-state index contributed by atoms with van der Waals surface area (Å²) < 4.78 is 34.6. The van der Waals surface area contributed by atoms with Gasteiger partial charge in [-0.1, -0.05) is 53.0 Å². The van der Waals surface area contributed by atoms with E-state index in [2.05, 4.69) is 0 Å². The summed E-state index contributed by atoms with van der Waals surface area (Å²) in [5.74, 6) is 0.403. The Balaban J connectivity index is 0.000000251. The molecule has 57 heavy (non-hydrogen) atoms. The molecule has 4 N–H and O–H groups in total. The predicted molar refractivity (Wildman–Crippen MR) is 213 cm³/mol. The van der Waals surface area contributed by atoms with Gasteiger partial charge >= 0.3 is 18.9 Å². The number of hydroxylamine groups is 2. The van der Waals surface area contributed by atoms with E-state index >= 15 is 0 Å². The molecule has 290 valence electrons. The smallest absolute Gasteiger partial charge is 0.490 e. The molecule has 2 heterocycles. The van der Waals surface area contributed by atoms with E-state index in [0.29, 0.717) is 61.9 Å². The molecule has 0 saturated heterocycles. The minimum atomic E-state index is -0.655. The number of carbonyl (C=O) groups is 2. The molecule has 6 aromatic rings. The molecule has 0 fully saturated rings. The number of ether oxygens (including phenoxy) is 4. The van der Waals surface area contributed by atoms with Crippen LogP contribution in [-0.4, -0.2) is 35.9 Å². The first-order chi connectivity index (χ1) is 27.1. The van der Waals surface area contributed by atoms with E-state index in [0.717, 1.165) is 27.5 Å². The zero-order valence-corrected chi connectivity index (χ0v) is 33.0. The number of hydrogen-bond acceptors (Lipinski definition) is 10. The van der Waals surface area contributed by atoms with E-state index in [1.165, 1.54) is 25.3 Å². The molecule has 0 saturated carbocycles. The zero-order chi connectivity index (χ0) is 40.0. The van der Waals surface area contributed by atoms with E-state index < -0.39 is 11.8 Å². The van der Waals surface area contributed by atoms with Gasteiger partial charge in [0.15, 0.2) is 22.7 Å². The summed E-state index contributed by atoms with van der Waals surface area (Å²) in [6, 6.07) is 21.8. The average molecular weight is 809 g/mol. The van der Waals surface area contributed by atoms with E-state index in [1.807, 2.05) is 50.3 Å². The Morgan fingerprint density at radius 3 is 1.53 bits per heavy atom. The van der Waals surface area contributed by atoms with Gasteiger partial charge in [0.1, 0.15) is 19.8 Å². The van der Waals surface area contributed by atoms with Crippen molar-refractivity contribution >= 4 is 69.1 Å². The molecule has 0 bridgehead atoms. The molecule has 15 heteroatoms. The molecule has 6 rings (SSSR count). The van der Waals surface area contributed by atoms with Gasteiger partial charge in [-0.05, 0) is 91.7 Å². The zero-order valence-electron chi connectivity index (χ0n) is 31.5. The van der Waals surface area contributed by atoms with Crippen LogP contribution in [0, 0.1) is 0 Å². The number of allylic oxidation sites excluding steroid dienone is 1. The number of halogens is 2. The van der Waals surface area contributed by atoms with Crippen LogP contribution in [0.5, 0.6) is 23.0 Å². The van der Waals surface area contributed by atoms with Crippen molar-refractivity contribution in [2.24, 2.45) is 0 Å². The van der Waals surface area contributed by atoms with E-state index in [-0.39, 0.29) is 32.1 Å². The monoisotopic (exact) mass is 807 g/mol. The van der Waals surface area contributed by atoms with Crippen LogP contribution in [0.25, 0.3) is 34.1 Å². The third kappa shape index (κ3) is 12.2. The van der Waals surface area contributed by atoms with Gasteiger partial charge in [0.25, 0.3) is 11.8 Å². The number of rotatable bonds is 14. The molecule has 2 amide bonds. The number of fused-ring (bicyclic) bond motifs is 2. The summed E-state index contributed by atoms with van der Waals surface area (Å²) >= 11 is 11.9. The summed E-state index contributed by atoms with van der Waals surface area (Å²) in [7, 11) is 1.51. The normalized spacial score (nSPS) is 10.8. The van der Waals surface area contributed by atoms with Gasteiger partial charge in [0.05, 0.1) is 19.6 Å². The van der Waals surface area contributed by atoms with Crippen LogP contribution < -0.4 is 48.8 Å². The number of methoxy groups -OCH3 is 1. The van der Waals surface area contributed by atoms with Crippen molar-refractivity contribution in [3.63, 3.8) is 0 Å². The molecular weight excluding hydrogens is 770 g/mol. The van der Waals surface area contributed by atoms with E-state index in [4.69, 9.17) is 61.4 Å². The first kappa shape index (κ1) is 44.1. The second-order valence-electron chi connectivity index (χ2n) is 12.2. The van der Waals surface area contributed by atoms with Crippen LogP contribution in [0.15, 0.2) is 118 Å². The second-order valence-corrected chi connectivity index (χ2v) is 13.0. The molecule has 0 aliphatic heterocycles. The van der Waals surface area contributed by atoms with Crippen LogP contribution >= 0.6 is 23.2 Å². The molecule has 0 aliphatic rings. The Morgan fingerprint density at radius 2 is 1.11 bits per heavy atom. The van der Waals surface area contributed by atoms with Gasteiger partial charge < -0.3 is 27.8 Å². The average Bonchev–Trinajstić information content (AvgIpc) is 3.88. The van der Waals surface area contributed by atoms with Gasteiger partial charge in [-0.15, -0.1) is 0 Å². The minimum absolute atomic E-state index is 0. The number of amides is 2. The molecule has 0 aliphatic carbocycles. The third-order valence-corrected chi connectivity index (χ3v) is 8.43. The van der Waals surface area contributed by atoms with Crippen molar-refractivity contribution in [3.05, 3.63) is 141 Å². The van der Waals surface area contributed by atoms with Gasteiger partial charge in [-0.25, -0.2) is 11.0 Å². The maximum Gasteiger partial charge on any atom is 1.00 e. The fourth-order valence-corrected chi connectivity index (χ4v) is 5.45. The molecule has 0 unspecified atom stereocenters. The Bertz CT molecular complexity index is 2370. The van der Waals surface area contributed by atoms with E-state index in [9.17, 15) is 9.59 Å². The van der Waals surface area contributed by atoms with Crippen LogP contribution in [0.4, 0.5) is 0 Å². The van der Waals surface area contributed by atoms with Crippen LogP contribution in [0.2, 0.25) is 10.0 Å². The van der Waals surface area contributed by atoms with Gasteiger partial charge in [-0.2, -0.15) is 0 Å².